The van der Waals surface area contributed by atoms with Crippen molar-refractivity contribution in [1.29, 1.82) is 0 Å². The number of rotatable bonds is 5. The van der Waals surface area contributed by atoms with Crippen molar-refractivity contribution in [2.24, 2.45) is 5.92 Å². The Morgan fingerprint density at radius 1 is 1.00 bits per heavy atom. The van der Waals surface area contributed by atoms with E-state index in [0.29, 0.717) is 32.1 Å². The van der Waals surface area contributed by atoms with E-state index in [0.717, 1.165) is 32.2 Å². The van der Waals surface area contributed by atoms with Gasteiger partial charge in [0.15, 0.2) is 0 Å². The van der Waals surface area contributed by atoms with Crippen LogP contribution in [0.4, 0.5) is 0 Å². The first-order chi connectivity index (χ1) is 12.4. The van der Waals surface area contributed by atoms with E-state index in [2.05, 4.69) is 0 Å². The number of amides is 1. The highest BCUT2D eigenvalue weighted by Crippen LogP contribution is 2.29. The predicted molar refractivity (Wildman–Crippen MR) is 101 cm³/mol. The van der Waals surface area contributed by atoms with E-state index in [4.69, 9.17) is 4.74 Å². The minimum Gasteiger partial charge on any atom is -0.381 e. The summed E-state index contributed by atoms with van der Waals surface area (Å²) in [6.45, 7) is 2.56. The predicted octanol–water partition coefficient (Wildman–Crippen LogP) is 2.39. The first kappa shape index (κ1) is 20.1. The van der Waals surface area contributed by atoms with Gasteiger partial charge < -0.3 is 9.64 Å². The van der Waals surface area contributed by atoms with Crippen LogP contribution < -0.4 is 0 Å². The smallest absolute Gasteiger partial charge is 0.222 e. The minimum atomic E-state index is -3.30. The molecule has 1 atom stereocenters. The number of carbonyl (C=O) groups is 1. The Balaban J connectivity index is 1.64. The molecular weight excluding hydrogens is 352 g/mol. The summed E-state index contributed by atoms with van der Waals surface area (Å²) in [4.78, 5) is 14.7. The summed E-state index contributed by atoms with van der Waals surface area (Å²) in [6.07, 6.45) is 11.3. The Morgan fingerprint density at radius 2 is 1.69 bits per heavy atom. The number of carbonyl (C=O) groups excluding carboxylic acids is 1. The molecule has 0 spiro atoms. The first-order valence-electron chi connectivity index (χ1n) is 10.3. The Labute approximate surface area is 158 Å². The van der Waals surface area contributed by atoms with Crippen LogP contribution in [0.2, 0.25) is 0 Å². The number of sulfonamides is 1. The number of piperidine rings is 1. The normalized spacial score (nSPS) is 27.0. The lowest BCUT2D eigenvalue weighted by atomic mass is 9.86. The molecule has 3 fully saturated rings. The third-order valence-electron chi connectivity index (χ3n) is 6.23. The molecule has 150 valence electrons. The van der Waals surface area contributed by atoms with Gasteiger partial charge in [-0.1, -0.05) is 19.3 Å². The third kappa shape index (κ3) is 5.20. The summed E-state index contributed by atoms with van der Waals surface area (Å²) in [5.74, 6) is 0.750. The molecule has 1 aliphatic carbocycles. The third-order valence-corrected chi connectivity index (χ3v) is 7.59. The van der Waals surface area contributed by atoms with Crippen molar-refractivity contribution < 1.29 is 17.9 Å². The van der Waals surface area contributed by atoms with E-state index in [9.17, 15) is 13.2 Å². The lowest BCUT2D eigenvalue weighted by Gasteiger charge is -2.43. The molecule has 0 radical (unpaired) electrons. The van der Waals surface area contributed by atoms with Crippen molar-refractivity contribution >= 4 is 15.9 Å². The average molecular weight is 387 g/mol. The maximum Gasteiger partial charge on any atom is 0.222 e. The number of hydrogen-bond donors (Lipinski definition) is 0. The summed E-state index contributed by atoms with van der Waals surface area (Å²) >= 11 is 0. The zero-order valence-electron chi connectivity index (χ0n) is 16.1. The highest BCUT2D eigenvalue weighted by atomic mass is 32.2. The van der Waals surface area contributed by atoms with Gasteiger partial charge in [-0.2, -0.15) is 4.31 Å². The zero-order valence-corrected chi connectivity index (χ0v) is 16.9. The Morgan fingerprint density at radius 3 is 2.35 bits per heavy atom. The van der Waals surface area contributed by atoms with E-state index in [1.165, 1.54) is 38.4 Å². The average Bonchev–Trinajstić information content (AvgIpc) is 2.63. The quantitative estimate of drug-likeness (QED) is 0.728. The molecule has 26 heavy (non-hydrogen) atoms. The number of ether oxygens (including phenoxy) is 1. The molecular formula is C19H34N2O4S. The summed E-state index contributed by atoms with van der Waals surface area (Å²) in [5, 5.41) is 0. The molecule has 2 saturated heterocycles. The Bertz CT molecular complexity index is 568. The molecule has 6 nitrogen and oxygen atoms in total. The molecule has 2 aliphatic heterocycles. The van der Waals surface area contributed by atoms with Gasteiger partial charge in [0, 0.05) is 44.8 Å². The van der Waals surface area contributed by atoms with Gasteiger partial charge in [0.2, 0.25) is 15.9 Å². The monoisotopic (exact) mass is 386 g/mol. The summed E-state index contributed by atoms with van der Waals surface area (Å²) < 4.78 is 32.1. The summed E-state index contributed by atoms with van der Waals surface area (Å²) in [6, 6.07) is -0.0747. The number of hydrogen-bond acceptors (Lipinski definition) is 4. The molecule has 0 aromatic carbocycles. The van der Waals surface area contributed by atoms with Crippen molar-refractivity contribution in [2.75, 3.05) is 32.6 Å². The van der Waals surface area contributed by atoms with Crippen molar-refractivity contribution in [3.8, 4) is 0 Å². The lowest BCUT2D eigenvalue weighted by Crippen LogP contribution is -2.55. The second kappa shape index (κ2) is 9.02. The van der Waals surface area contributed by atoms with Crippen molar-refractivity contribution in [1.82, 2.24) is 9.21 Å². The minimum absolute atomic E-state index is 0.0112. The van der Waals surface area contributed by atoms with Crippen LogP contribution >= 0.6 is 0 Å². The molecule has 0 bridgehead atoms. The van der Waals surface area contributed by atoms with Crippen LogP contribution in [0.3, 0.4) is 0 Å². The van der Waals surface area contributed by atoms with Crippen LogP contribution in [-0.2, 0) is 19.6 Å². The van der Waals surface area contributed by atoms with Gasteiger partial charge in [0.05, 0.1) is 6.26 Å². The van der Waals surface area contributed by atoms with Crippen LogP contribution in [0.25, 0.3) is 0 Å². The standard InChI is InChI=1S/C19H34N2O4S/c1-26(23,24)21(17-9-12-25-13-10-17)18-8-5-11-20(15-18)19(22)14-16-6-3-2-4-7-16/h16-18H,2-15H2,1H3. The van der Waals surface area contributed by atoms with E-state index in [1.807, 2.05) is 4.90 Å². The summed E-state index contributed by atoms with van der Waals surface area (Å²) in [7, 11) is -3.30. The molecule has 1 amide bonds. The van der Waals surface area contributed by atoms with Crippen molar-refractivity contribution in [3.05, 3.63) is 0 Å². The highest BCUT2D eigenvalue weighted by Gasteiger charge is 2.38. The Kier molecular flexibility index (Phi) is 6.97. The molecule has 2 heterocycles. The van der Waals surface area contributed by atoms with Crippen LogP contribution in [0.15, 0.2) is 0 Å². The summed E-state index contributed by atoms with van der Waals surface area (Å²) in [5.41, 5.74) is 0. The van der Waals surface area contributed by atoms with Gasteiger partial charge in [0.25, 0.3) is 0 Å². The van der Waals surface area contributed by atoms with E-state index < -0.39 is 10.0 Å². The highest BCUT2D eigenvalue weighted by molar-refractivity contribution is 7.88. The number of nitrogens with zero attached hydrogens (tertiary/aromatic N) is 2. The fourth-order valence-electron chi connectivity index (χ4n) is 4.94. The molecule has 1 saturated carbocycles. The lowest BCUT2D eigenvalue weighted by molar-refractivity contribution is -0.134. The van der Waals surface area contributed by atoms with E-state index >= 15 is 0 Å². The van der Waals surface area contributed by atoms with E-state index in [-0.39, 0.29) is 18.0 Å². The first-order valence-corrected chi connectivity index (χ1v) is 12.1. The molecule has 3 rings (SSSR count). The fraction of sp³-hybridized carbons (Fsp3) is 0.947. The molecule has 0 aromatic rings. The van der Waals surface area contributed by atoms with Gasteiger partial charge in [-0.15, -0.1) is 0 Å². The van der Waals surface area contributed by atoms with Gasteiger partial charge >= 0.3 is 0 Å². The largest absolute Gasteiger partial charge is 0.381 e. The second-order valence-electron chi connectivity index (χ2n) is 8.28. The molecule has 0 N–H and O–H groups in total. The van der Waals surface area contributed by atoms with Gasteiger partial charge in [-0.05, 0) is 44.4 Å². The Hall–Kier alpha value is -0.660. The second-order valence-corrected chi connectivity index (χ2v) is 10.2. The van der Waals surface area contributed by atoms with Gasteiger partial charge in [0.1, 0.15) is 0 Å². The molecule has 1 unspecified atom stereocenters. The maximum absolute atomic E-state index is 12.8. The van der Waals surface area contributed by atoms with Crippen molar-refractivity contribution in [2.45, 2.75) is 76.3 Å². The van der Waals surface area contributed by atoms with E-state index in [1.54, 1.807) is 4.31 Å². The zero-order chi connectivity index (χ0) is 18.6. The SMILES string of the molecule is CS(=O)(=O)N(C1CCOCC1)C1CCCN(C(=O)CC2CCCCC2)C1. The molecule has 0 aromatic heterocycles. The van der Waals surface area contributed by atoms with Crippen LogP contribution in [-0.4, -0.2) is 68.2 Å². The van der Waals surface area contributed by atoms with Gasteiger partial charge in [-0.25, -0.2) is 8.42 Å². The fourth-order valence-corrected chi connectivity index (χ4v) is 6.40. The molecule has 3 aliphatic rings. The van der Waals surface area contributed by atoms with Crippen molar-refractivity contribution in [3.63, 3.8) is 0 Å². The maximum atomic E-state index is 12.8. The molecule has 7 heteroatoms. The number of likely N-dealkylation sites (tertiary alicyclic amines) is 1. The van der Waals surface area contributed by atoms with Gasteiger partial charge in [-0.3, -0.25) is 4.79 Å². The van der Waals surface area contributed by atoms with Crippen LogP contribution in [0, 0.1) is 5.92 Å². The topological polar surface area (TPSA) is 66.9 Å². The van der Waals surface area contributed by atoms with Crippen LogP contribution in [0.5, 0.6) is 0 Å². The van der Waals surface area contributed by atoms with Crippen LogP contribution in [0.1, 0.15) is 64.2 Å².